The average Bonchev–Trinajstić information content (AvgIpc) is 2.91. The van der Waals surface area contributed by atoms with Crippen LogP contribution in [0.1, 0.15) is 13.8 Å². The van der Waals surface area contributed by atoms with Crippen LogP contribution in [0.5, 0.6) is 0 Å². The van der Waals surface area contributed by atoms with Gasteiger partial charge in [0.15, 0.2) is 5.57 Å². The van der Waals surface area contributed by atoms with E-state index in [4.69, 9.17) is 14.2 Å². The summed E-state index contributed by atoms with van der Waals surface area (Å²) < 4.78 is 14.9. The van der Waals surface area contributed by atoms with Gasteiger partial charge < -0.3 is 19.5 Å². The van der Waals surface area contributed by atoms with Crippen molar-refractivity contribution in [3.05, 3.63) is 36.0 Å². The summed E-state index contributed by atoms with van der Waals surface area (Å²) in [5.41, 5.74) is 1.00. The van der Waals surface area contributed by atoms with Gasteiger partial charge in [-0.15, -0.1) is 0 Å². The molecule has 1 N–H and O–H groups in total. The van der Waals surface area contributed by atoms with Crippen molar-refractivity contribution in [2.24, 2.45) is 0 Å². The van der Waals surface area contributed by atoms with Gasteiger partial charge in [-0.1, -0.05) is 6.07 Å². The van der Waals surface area contributed by atoms with E-state index >= 15 is 0 Å². The van der Waals surface area contributed by atoms with Gasteiger partial charge in [-0.3, -0.25) is 4.90 Å². The molecular weight excluding hydrogens is 316 g/mol. The van der Waals surface area contributed by atoms with Gasteiger partial charge in [-0.05, 0) is 18.2 Å². The predicted octanol–water partition coefficient (Wildman–Crippen LogP) is 1.78. The zero-order valence-electron chi connectivity index (χ0n) is 13.2. The van der Waals surface area contributed by atoms with Crippen LogP contribution in [0, 0.1) is 0 Å². The Hall–Kier alpha value is -3.03. The predicted molar refractivity (Wildman–Crippen MR) is 83.1 cm³/mol. The number of esters is 2. The van der Waals surface area contributed by atoms with E-state index in [1.807, 2.05) is 0 Å². The Kier molecular flexibility index (Phi) is 3.88. The molecule has 2 saturated heterocycles. The first kappa shape index (κ1) is 15.9. The van der Waals surface area contributed by atoms with Gasteiger partial charge in [0, 0.05) is 31.4 Å². The number of ether oxygens (including phenoxy) is 3. The molecule has 126 valence electrons. The zero-order chi connectivity index (χ0) is 17.3. The molecule has 2 aliphatic rings. The van der Waals surface area contributed by atoms with Crippen LogP contribution in [-0.2, 0) is 23.8 Å². The number of benzene rings is 1. The lowest BCUT2D eigenvalue weighted by Crippen LogP contribution is -2.42. The van der Waals surface area contributed by atoms with Gasteiger partial charge >= 0.3 is 18.0 Å². The smallest absolute Gasteiger partial charge is 0.414 e. The number of rotatable bonds is 3. The minimum absolute atomic E-state index is 0.236. The lowest BCUT2D eigenvalue weighted by Gasteiger charge is -2.29. The fourth-order valence-corrected chi connectivity index (χ4v) is 2.33. The molecule has 1 aromatic rings. The number of hydrogen-bond acceptors (Lipinski definition) is 7. The maximum absolute atomic E-state index is 11.9. The van der Waals surface area contributed by atoms with E-state index in [-0.39, 0.29) is 5.57 Å². The van der Waals surface area contributed by atoms with E-state index in [0.29, 0.717) is 24.5 Å². The Balaban J connectivity index is 1.76. The fourth-order valence-electron chi connectivity index (χ4n) is 2.33. The maximum atomic E-state index is 11.9. The molecule has 2 heterocycles. The second-order valence-electron chi connectivity index (χ2n) is 5.70. The quantitative estimate of drug-likeness (QED) is 0.512. The zero-order valence-corrected chi connectivity index (χ0v) is 13.2. The van der Waals surface area contributed by atoms with Gasteiger partial charge in [-0.25, -0.2) is 14.4 Å². The van der Waals surface area contributed by atoms with Gasteiger partial charge in [0.25, 0.3) is 5.79 Å². The Morgan fingerprint density at radius 3 is 2.50 bits per heavy atom. The van der Waals surface area contributed by atoms with E-state index < -0.39 is 23.8 Å². The summed E-state index contributed by atoms with van der Waals surface area (Å²) in [7, 11) is 0. The van der Waals surface area contributed by atoms with Gasteiger partial charge in [-0.2, -0.15) is 0 Å². The van der Waals surface area contributed by atoms with Crippen LogP contribution >= 0.6 is 0 Å². The van der Waals surface area contributed by atoms with Gasteiger partial charge in [0.05, 0.1) is 6.54 Å². The number of cyclic esters (lactones) is 3. The van der Waals surface area contributed by atoms with Crippen molar-refractivity contribution in [3.8, 4) is 0 Å². The van der Waals surface area contributed by atoms with E-state index in [9.17, 15) is 14.4 Å². The SMILES string of the molecule is CC1(C)OC(=O)C(=CNc2cccc(N3CCOC3=O)c2)C(=O)O1. The van der Waals surface area contributed by atoms with Crippen LogP contribution in [0.15, 0.2) is 36.0 Å². The number of carbonyl (C=O) groups is 3. The second kappa shape index (κ2) is 5.88. The molecule has 0 atom stereocenters. The Labute approximate surface area is 138 Å². The molecule has 8 nitrogen and oxygen atoms in total. The van der Waals surface area contributed by atoms with Crippen LogP contribution in [0.4, 0.5) is 16.2 Å². The number of carbonyl (C=O) groups excluding carboxylic acids is 3. The van der Waals surface area contributed by atoms with Crippen LogP contribution < -0.4 is 10.2 Å². The summed E-state index contributed by atoms with van der Waals surface area (Å²) in [5.74, 6) is -2.80. The Bertz CT molecular complexity index is 718. The van der Waals surface area contributed by atoms with Crippen molar-refractivity contribution >= 4 is 29.4 Å². The summed E-state index contributed by atoms with van der Waals surface area (Å²) in [5, 5.41) is 2.84. The molecule has 0 saturated carbocycles. The van der Waals surface area contributed by atoms with Crippen LogP contribution in [0.3, 0.4) is 0 Å². The monoisotopic (exact) mass is 332 g/mol. The number of nitrogens with zero attached hydrogens (tertiary/aromatic N) is 1. The molecule has 0 spiro atoms. The molecule has 3 rings (SSSR count). The van der Waals surface area contributed by atoms with E-state index in [2.05, 4.69) is 5.32 Å². The maximum Gasteiger partial charge on any atom is 0.414 e. The molecule has 2 fully saturated rings. The summed E-state index contributed by atoms with van der Waals surface area (Å²) in [6, 6.07) is 6.93. The molecule has 0 aromatic heterocycles. The lowest BCUT2D eigenvalue weighted by atomic mass is 10.2. The van der Waals surface area contributed by atoms with E-state index in [1.165, 1.54) is 24.9 Å². The highest BCUT2D eigenvalue weighted by Crippen LogP contribution is 2.24. The van der Waals surface area contributed by atoms with Crippen molar-refractivity contribution in [1.29, 1.82) is 0 Å². The lowest BCUT2D eigenvalue weighted by molar-refractivity contribution is -0.222. The second-order valence-corrected chi connectivity index (χ2v) is 5.70. The van der Waals surface area contributed by atoms with Crippen LogP contribution in [-0.4, -0.2) is 37.0 Å². The van der Waals surface area contributed by atoms with Crippen molar-refractivity contribution in [2.75, 3.05) is 23.4 Å². The van der Waals surface area contributed by atoms with E-state index in [0.717, 1.165) is 0 Å². The van der Waals surface area contributed by atoms with Crippen LogP contribution in [0.2, 0.25) is 0 Å². The van der Waals surface area contributed by atoms with Crippen molar-refractivity contribution in [3.63, 3.8) is 0 Å². The number of hydrogen-bond donors (Lipinski definition) is 1. The van der Waals surface area contributed by atoms with Crippen molar-refractivity contribution < 1.29 is 28.6 Å². The first-order chi connectivity index (χ1) is 11.4. The van der Waals surface area contributed by atoms with Crippen molar-refractivity contribution in [1.82, 2.24) is 0 Å². The summed E-state index contributed by atoms with van der Waals surface area (Å²) in [6.07, 6.45) is 0.814. The molecule has 24 heavy (non-hydrogen) atoms. The first-order valence-corrected chi connectivity index (χ1v) is 7.33. The molecular formula is C16H16N2O6. The highest BCUT2D eigenvalue weighted by Gasteiger charge is 2.38. The fraction of sp³-hybridized carbons (Fsp3) is 0.312. The Morgan fingerprint density at radius 2 is 1.88 bits per heavy atom. The van der Waals surface area contributed by atoms with Crippen molar-refractivity contribution in [2.45, 2.75) is 19.6 Å². The normalized spacial score (nSPS) is 19.5. The van der Waals surface area contributed by atoms with Gasteiger partial charge in [0.2, 0.25) is 0 Å². The standard InChI is InChI=1S/C16H16N2O6/c1-16(2)23-13(19)12(14(20)24-16)9-17-10-4-3-5-11(8-10)18-6-7-22-15(18)21/h3-5,8-9,17H,6-7H2,1-2H3. The summed E-state index contributed by atoms with van der Waals surface area (Å²) in [6.45, 7) is 3.77. The topological polar surface area (TPSA) is 94.2 Å². The van der Waals surface area contributed by atoms with Gasteiger partial charge in [0.1, 0.15) is 6.61 Å². The minimum Gasteiger partial charge on any atom is -0.447 e. The molecule has 0 aliphatic carbocycles. The van der Waals surface area contributed by atoms with E-state index in [1.54, 1.807) is 24.3 Å². The third kappa shape index (κ3) is 3.17. The molecule has 1 amide bonds. The molecule has 0 radical (unpaired) electrons. The minimum atomic E-state index is -1.28. The number of amides is 1. The average molecular weight is 332 g/mol. The number of nitrogens with one attached hydrogen (secondary N) is 1. The summed E-state index contributed by atoms with van der Waals surface area (Å²) in [4.78, 5) is 36.8. The number of anilines is 2. The highest BCUT2D eigenvalue weighted by molar-refractivity contribution is 6.15. The van der Waals surface area contributed by atoms with Crippen LogP contribution in [0.25, 0.3) is 0 Å². The molecule has 0 bridgehead atoms. The third-order valence-electron chi connectivity index (χ3n) is 3.42. The molecule has 2 aliphatic heterocycles. The third-order valence-corrected chi connectivity index (χ3v) is 3.42. The molecule has 1 aromatic carbocycles. The summed E-state index contributed by atoms with van der Waals surface area (Å²) >= 11 is 0. The molecule has 8 heteroatoms. The first-order valence-electron chi connectivity index (χ1n) is 7.33. The largest absolute Gasteiger partial charge is 0.447 e. The highest BCUT2D eigenvalue weighted by atomic mass is 16.7. The molecule has 0 unspecified atom stereocenters. The Morgan fingerprint density at radius 1 is 1.17 bits per heavy atom.